The van der Waals surface area contributed by atoms with Gasteiger partial charge in [0.05, 0.1) is 52.9 Å². The van der Waals surface area contributed by atoms with E-state index in [-0.39, 0.29) is 11.7 Å². The fraction of sp³-hybridized carbons (Fsp3) is 0.947. The maximum Gasteiger partial charge on any atom is 0.137 e. The van der Waals surface area contributed by atoms with Crippen LogP contribution in [-0.2, 0) is 23.7 Å². The van der Waals surface area contributed by atoms with Crippen LogP contribution in [0.15, 0.2) is 0 Å². The number of carbonyl (C=O) groups excluding carboxylic acids is 1. The molecule has 0 atom stereocenters. The van der Waals surface area contributed by atoms with Gasteiger partial charge in [0.1, 0.15) is 5.78 Å². The molecule has 6 heteroatoms. The summed E-state index contributed by atoms with van der Waals surface area (Å²) < 4.78 is 21.1. The molecule has 0 aliphatic heterocycles. The van der Waals surface area contributed by atoms with Crippen molar-refractivity contribution >= 4 is 5.78 Å². The van der Waals surface area contributed by atoms with Gasteiger partial charge in [-0.3, -0.25) is 4.79 Å². The van der Waals surface area contributed by atoms with Gasteiger partial charge < -0.3 is 24.7 Å². The molecular weight excluding hydrogens is 322 g/mol. The molecule has 154 valence electrons. The van der Waals surface area contributed by atoms with Crippen molar-refractivity contribution in [3.63, 3.8) is 0 Å². The van der Waals surface area contributed by atoms with E-state index >= 15 is 0 Å². The minimum atomic E-state index is 0.0841. The van der Waals surface area contributed by atoms with E-state index < -0.39 is 0 Å². The van der Waals surface area contributed by atoms with E-state index in [1.807, 2.05) is 27.7 Å². The Morgan fingerprint density at radius 2 is 1.08 bits per heavy atom. The highest BCUT2D eigenvalue weighted by atomic mass is 16.6. The molecule has 0 spiro atoms. The lowest BCUT2D eigenvalue weighted by atomic mass is 10.1. The van der Waals surface area contributed by atoms with Crippen molar-refractivity contribution in [1.82, 2.24) is 0 Å². The molecule has 0 rings (SSSR count). The van der Waals surface area contributed by atoms with Gasteiger partial charge in [-0.2, -0.15) is 0 Å². The smallest absolute Gasteiger partial charge is 0.137 e. The molecule has 0 heterocycles. The standard InChI is InChI=1S/C14H29NO5.C3H8.C2H6/c1-13(2)14(16)3-5-17-7-9-19-11-12-20-10-8-18-6-4-15;1-3-2;1-2/h13H,3-12,15H2,1-2H3;3H2,1-2H3;1-2H3. The Balaban J connectivity index is -0.000000866. The normalized spacial score (nSPS) is 9.92. The fourth-order valence-corrected chi connectivity index (χ4v) is 1.31. The molecule has 0 bridgehead atoms. The van der Waals surface area contributed by atoms with Crippen LogP contribution in [0.5, 0.6) is 0 Å². The SMILES string of the molecule is CC.CC(C)C(=O)CCOCCOCCOCCOCCN.CCC. The van der Waals surface area contributed by atoms with Crippen LogP contribution in [0.3, 0.4) is 0 Å². The molecule has 0 unspecified atom stereocenters. The number of hydrogen-bond donors (Lipinski definition) is 1. The van der Waals surface area contributed by atoms with Crippen molar-refractivity contribution in [3.05, 3.63) is 0 Å². The van der Waals surface area contributed by atoms with Crippen molar-refractivity contribution < 1.29 is 23.7 Å². The summed E-state index contributed by atoms with van der Waals surface area (Å²) in [5.74, 6) is 0.317. The van der Waals surface area contributed by atoms with Gasteiger partial charge in [0.25, 0.3) is 0 Å². The van der Waals surface area contributed by atoms with Crippen molar-refractivity contribution in [2.45, 2.75) is 54.4 Å². The summed E-state index contributed by atoms with van der Waals surface area (Å²) in [4.78, 5) is 11.3. The maximum absolute atomic E-state index is 11.3. The van der Waals surface area contributed by atoms with E-state index in [0.717, 1.165) is 0 Å². The first-order valence-corrected chi connectivity index (χ1v) is 9.63. The molecule has 0 aromatic carbocycles. The number of Topliss-reactive ketones (excluding diaryl/α,β-unsaturated/α-hetero) is 1. The average molecular weight is 366 g/mol. The summed E-state index contributed by atoms with van der Waals surface area (Å²) in [5, 5.41) is 0. The summed E-state index contributed by atoms with van der Waals surface area (Å²) in [7, 11) is 0. The number of nitrogens with two attached hydrogens (primary N) is 1. The zero-order valence-electron chi connectivity index (χ0n) is 17.5. The topological polar surface area (TPSA) is 80.0 Å². The van der Waals surface area contributed by atoms with Crippen LogP contribution < -0.4 is 5.73 Å². The lowest BCUT2D eigenvalue weighted by Gasteiger charge is -2.07. The minimum absolute atomic E-state index is 0.0841. The van der Waals surface area contributed by atoms with Crippen LogP contribution in [0.25, 0.3) is 0 Å². The number of ether oxygens (including phenoxy) is 4. The molecule has 0 saturated heterocycles. The Bertz CT molecular complexity index is 238. The molecule has 0 amide bonds. The first kappa shape index (κ1) is 29.2. The maximum atomic E-state index is 11.3. The van der Waals surface area contributed by atoms with E-state index in [9.17, 15) is 4.79 Å². The van der Waals surface area contributed by atoms with Crippen LogP contribution in [0.2, 0.25) is 0 Å². The summed E-state index contributed by atoms with van der Waals surface area (Å²) >= 11 is 0. The number of rotatable bonds is 15. The van der Waals surface area contributed by atoms with Gasteiger partial charge in [0, 0.05) is 18.9 Å². The quantitative estimate of drug-likeness (QED) is 0.449. The van der Waals surface area contributed by atoms with Gasteiger partial charge in [0.2, 0.25) is 0 Å². The molecule has 0 radical (unpaired) electrons. The highest BCUT2D eigenvalue weighted by Crippen LogP contribution is 1.98. The Kier molecular flexibility index (Phi) is 33.1. The summed E-state index contributed by atoms with van der Waals surface area (Å²) in [5.41, 5.74) is 5.27. The van der Waals surface area contributed by atoms with Crippen LogP contribution in [0.1, 0.15) is 54.4 Å². The second kappa shape index (κ2) is 28.3. The Morgan fingerprint density at radius 3 is 1.40 bits per heavy atom. The predicted octanol–water partition coefficient (Wildman–Crippen LogP) is 3.07. The van der Waals surface area contributed by atoms with E-state index in [1.54, 1.807) is 0 Å². The molecular formula is C19H43NO5. The summed E-state index contributed by atoms with van der Waals surface area (Å²) in [6.07, 6.45) is 1.73. The second-order valence-corrected chi connectivity index (χ2v) is 5.32. The third kappa shape index (κ3) is 31.7. The van der Waals surface area contributed by atoms with Gasteiger partial charge in [-0.25, -0.2) is 0 Å². The van der Waals surface area contributed by atoms with Crippen LogP contribution in [0.4, 0.5) is 0 Å². The van der Waals surface area contributed by atoms with Crippen LogP contribution >= 0.6 is 0 Å². The van der Waals surface area contributed by atoms with Gasteiger partial charge in [0.15, 0.2) is 0 Å². The summed E-state index contributed by atoms with van der Waals surface area (Å²) in [6.45, 7) is 16.8. The van der Waals surface area contributed by atoms with Crippen LogP contribution in [0, 0.1) is 5.92 Å². The minimum Gasteiger partial charge on any atom is -0.379 e. The lowest BCUT2D eigenvalue weighted by molar-refractivity contribution is -0.123. The zero-order valence-corrected chi connectivity index (χ0v) is 17.5. The molecule has 0 fully saturated rings. The number of hydrogen-bond acceptors (Lipinski definition) is 6. The van der Waals surface area contributed by atoms with Crippen molar-refractivity contribution in [2.75, 3.05) is 59.4 Å². The second-order valence-electron chi connectivity index (χ2n) is 5.32. The third-order valence-corrected chi connectivity index (χ3v) is 2.51. The number of carbonyl (C=O) groups is 1. The molecule has 0 aromatic heterocycles. The Hall–Kier alpha value is -0.530. The molecule has 2 N–H and O–H groups in total. The highest BCUT2D eigenvalue weighted by Gasteiger charge is 2.05. The van der Waals surface area contributed by atoms with E-state index in [4.69, 9.17) is 24.7 Å². The van der Waals surface area contributed by atoms with E-state index in [2.05, 4.69) is 13.8 Å². The Morgan fingerprint density at radius 1 is 0.760 bits per heavy atom. The van der Waals surface area contributed by atoms with Crippen LogP contribution in [-0.4, -0.2) is 65.2 Å². The van der Waals surface area contributed by atoms with Gasteiger partial charge in [-0.15, -0.1) is 0 Å². The average Bonchev–Trinajstić information content (AvgIpc) is 2.61. The first-order chi connectivity index (χ1) is 12.1. The van der Waals surface area contributed by atoms with Gasteiger partial charge in [-0.05, 0) is 0 Å². The molecule has 0 aliphatic rings. The lowest BCUT2D eigenvalue weighted by Crippen LogP contribution is -2.15. The van der Waals surface area contributed by atoms with E-state index in [1.165, 1.54) is 6.42 Å². The zero-order chi connectivity index (χ0) is 19.8. The third-order valence-electron chi connectivity index (χ3n) is 2.51. The van der Waals surface area contributed by atoms with Crippen molar-refractivity contribution in [2.24, 2.45) is 11.7 Å². The highest BCUT2D eigenvalue weighted by molar-refractivity contribution is 5.80. The van der Waals surface area contributed by atoms with Gasteiger partial charge >= 0.3 is 0 Å². The van der Waals surface area contributed by atoms with Gasteiger partial charge in [-0.1, -0.05) is 48.0 Å². The van der Waals surface area contributed by atoms with E-state index in [0.29, 0.717) is 65.8 Å². The molecule has 0 saturated carbocycles. The molecule has 0 aliphatic carbocycles. The van der Waals surface area contributed by atoms with Crippen molar-refractivity contribution in [1.29, 1.82) is 0 Å². The van der Waals surface area contributed by atoms with Crippen molar-refractivity contribution in [3.8, 4) is 0 Å². The largest absolute Gasteiger partial charge is 0.379 e. The molecule has 25 heavy (non-hydrogen) atoms. The predicted molar refractivity (Wildman–Crippen MR) is 104 cm³/mol. The number of ketones is 1. The molecule has 6 nitrogen and oxygen atoms in total. The Labute approximate surface area is 155 Å². The molecule has 0 aromatic rings. The summed E-state index contributed by atoms with van der Waals surface area (Å²) in [6, 6.07) is 0. The monoisotopic (exact) mass is 365 g/mol. The first-order valence-electron chi connectivity index (χ1n) is 9.63. The fourth-order valence-electron chi connectivity index (χ4n) is 1.31.